The molecule has 1 fully saturated rings. The molecule has 1 heterocycles. The number of rotatable bonds is 59. The third-order valence-electron chi connectivity index (χ3n) is 15.8. The normalized spacial score (nSPS) is 19.0. The minimum Gasteiger partial charge on any atom is -0.394 e. The lowest BCUT2D eigenvalue weighted by atomic mass is 9.99. The molecule has 1 amide bonds. The van der Waals surface area contributed by atoms with Gasteiger partial charge in [-0.05, 0) is 96.3 Å². The van der Waals surface area contributed by atoms with Gasteiger partial charge in [-0.1, -0.05) is 303 Å². The van der Waals surface area contributed by atoms with Crippen LogP contribution in [0.5, 0.6) is 0 Å². The number of carbonyl (C=O) groups is 1. The van der Waals surface area contributed by atoms with Gasteiger partial charge >= 0.3 is 0 Å². The quantitative estimate of drug-likeness (QED) is 0.0261. The van der Waals surface area contributed by atoms with Crippen LogP contribution in [0, 0.1) is 0 Å². The highest BCUT2D eigenvalue weighted by Crippen LogP contribution is 2.23. The Labute approximate surface area is 510 Å². The largest absolute Gasteiger partial charge is 0.394 e. The first-order valence-electron chi connectivity index (χ1n) is 34.6. The van der Waals surface area contributed by atoms with E-state index in [0.717, 1.165) is 83.5 Å². The summed E-state index contributed by atoms with van der Waals surface area (Å²) < 4.78 is 11.3. The van der Waals surface area contributed by atoms with Crippen LogP contribution in [0.1, 0.15) is 296 Å². The summed E-state index contributed by atoms with van der Waals surface area (Å²) in [7, 11) is 0. The van der Waals surface area contributed by atoms with Gasteiger partial charge in [-0.15, -0.1) is 0 Å². The van der Waals surface area contributed by atoms with Crippen molar-refractivity contribution in [2.24, 2.45) is 0 Å². The number of carbonyl (C=O) groups excluding carboxylic acids is 1. The summed E-state index contributed by atoms with van der Waals surface area (Å²) in [5.74, 6) is -0.189. The zero-order valence-corrected chi connectivity index (χ0v) is 53.4. The molecule has 478 valence electrons. The Balaban J connectivity index is 2.09. The van der Waals surface area contributed by atoms with E-state index in [4.69, 9.17) is 9.47 Å². The Morgan fingerprint density at radius 1 is 0.422 bits per heavy atom. The minimum atomic E-state index is -1.58. The lowest BCUT2D eigenvalue weighted by molar-refractivity contribution is -0.302. The first-order valence-corrected chi connectivity index (χ1v) is 34.6. The van der Waals surface area contributed by atoms with E-state index in [0.29, 0.717) is 6.42 Å². The van der Waals surface area contributed by atoms with Crippen molar-refractivity contribution in [3.63, 3.8) is 0 Å². The van der Waals surface area contributed by atoms with Crippen molar-refractivity contribution < 1.29 is 39.8 Å². The highest BCUT2D eigenvalue weighted by molar-refractivity contribution is 5.76. The minimum absolute atomic E-state index is 0.189. The monoisotopic (exact) mass is 1160 g/mol. The van der Waals surface area contributed by atoms with Crippen LogP contribution in [0.2, 0.25) is 0 Å². The van der Waals surface area contributed by atoms with Crippen molar-refractivity contribution >= 4 is 5.91 Å². The van der Waals surface area contributed by atoms with Crippen LogP contribution < -0.4 is 5.32 Å². The molecule has 0 aliphatic carbocycles. The van der Waals surface area contributed by atoms with E-state index in [1.807, 2.05) is 6.08 Å². The van der Waals surface area contributed by atoms with Gasteiger partial charge in [0.05, 0.1) is 25.4 Å². The molecule has 0 spiro atoms. The fourth-order valence-corrected chi connectivity index (χ4v) is 10.4. The SMILES string of the molecule is CC/C=C\C/C=C\C/C=C\C/C=C\C/C=C\C/C=C\CCCCCCCCCCCCCCCCCCCCCCCCC(=O)NC(COC1OC(CO)C(O)C(O)C1O)C(O)/C=C/CC/C=C/CC/C=C/CCCCCCCCCCC. The van der Waals surface area contributed by atoms with Crippen LogP contribution >= 0.6 is 0 Å². The zero-order valence-electron chi connectivity index (χ0n) is 53.4. The van der Waals surface area contributed by atoms with Gasteiger partial charge in [0.2, 0.25) is 5.91 Å². The Morgan fingerprint density at radius 2 is 0.759 bits per heavy atom. The van der Waals surface area contributed by atoms with Gasteiger partial charge in [-0.3, -0.25) is 4.79 Å². The van der Waals surface area contributed by atoms with Crippen LogP contribution in [-0.2, 0) is 14.3 Å². The van der Waals surface area contributed by atoms with Gasteiger partial charge in [0.25, 0.3) is 0 Å². The number of ether oxygens (including phenoxy) is 2. The van der Waals surface area contributed by atoms with Crippen molar-refractivity contribution in [1.82, 2.24) is 5.32 Å². The average Bonchev–Trinajstić information content (AvgIpc) is 3.61. The molecule has 7 unspecified atom stereocenters. The van der Waals surface area contributed by atoms with E-state index in [2.05, 4.69) is 116 Å². The maximum absolute atomic E-state index is 13.1. The Hall–Kier alpha value is -3.15. The number of hydrogen-bond donors (Lipinski definition) is 6. The molecule has 1 rings (SSSR count). The van der Waals surface area contributed by atoms with Crippen molar-refractivity contribution in [2.75, 3.05) is 13.2 Å². The van der Waals surface area contributed by atoms with Gasteiger partial charge < -0.3 is 40.3 Å². The van der Waals surface area contributed by atoms with Gasteiger partial charge in [0.1, 0.15) is 24.4 Å². The van der Waals surface area contributed by atoms with Gasteiger partial charge in [0, 0.05) is 6.42 Å². The number of nitrogens with one attached hydrogen (secondary N) is 1. The number of unbranched alkanes of at least 4 members (excludes halogenated alkanes) is 33. The lowest BCUT2D eigenvalue weighted by Crippen LogP contribution is -2.60. The number of allylic oxidation sites excluding steroid dienone is 17. The first kappa shape index (κ1) is 77.9. The second-order valence-electron chi connectivity index (χ2n) is 23.6. The molecule has 83 heavy (non-hydrogen) atoms. The molecule has 9 nitrogen and oxygen atoms in total. The lowest BCUT2D eigenvalue weighted by Gasteiger charge is -2.40. The molecule has 7 atom stereocenters. The number of hydrogen-bond acceptors (Lipinski definition) is 8. The summed E-state index contributed by atoms with van der Waals surface area (Å²) in [6, 6.07) is -0.832. The predicted octanol–water partition coefficient (Wildman–Crippen LogP) is 18.9. The van der Waals surface area contributed by atoms with Crippen LogP contribution in [0.4, 0.5) is 0 Å². The second kappa shape index (κ2) is 61.9. The molecule has 0 aromatic heterocycles. The molecule has 0 bridgehead atoms. The zero-order chi connectivity index (χ0) is 60.0. The third-order valence-corrected chi connectivity index (χ3v) is 15.8. The number of amides is 1. The van der Waals surface area contributed by atoms with Crippen molar-refractivity contribution in [3.05, 3.63) is 109 Å². The molecular weight excluding hydrogens is 1030 g/mol. The van der Waals surface area contributed by atoms with E-state index < -0.39 is 49.5 Å². The maximum Gasteiger partial charge on any atom is 0.220 e. The Kier molecular flexibility index (Phi) is 58.1. The maximum atomic E-state index is 13.1. The molecule has 0 aromatic rings. The van der Waals surface area contributed by atoms with E-state index >= 15 is 0 Å². The molecule has 1 saturated heterocycles. The fraction of sp³-hybridized carbons (Fsp3) is 0.743. The van der Waals surface area contributed by atoms with Crippen molar-refractivity contribution in [1.29, 1.82) is 0 Å². The van der Waals surface area contributed by atoms with Crippen LogP contribution in [0.25, 0.3) is 0 Å². The first-order chi connectivity index (χ1) is 40.8. The highest BCUT2D eigenvalue weighted by atomic mass is 16.7. The van der Waals surface area contributed by atoms with Crippen LogP contribution in [0.15, 0.2) is 109 Å². The Bertz CT molecular complexity index is 1680. The van der Waals surface area contributed by atoms with Crippen LogP contribution in [-0.4, -0.2) is 87.5 Å². The van der Waals surface area contributed by atoms with Crippen LogP contribution in [0.3, 0.4) is 0 Å². The van der Waals surface area contributed by atoms with Gasteiger partial charge in [-0.2, -0.15) is 0 Å². The molecule has 0 saturated carbocycles. The second-order valence-corrected chi connectivity index (χ2v) is 23.6. The van der Waals surface area contributed by atoms with E-state index in [9.17, 15) is 30.3 Å². The standard InChI is InChI=1S/C74H129NO8/c1-3-5-7-9-11-13-15-17-19-21-23-24-25-26-27-28-29-30-31-32-33-34-35-36-37-38-39-40-41-42-43-44-46-48-50-52-54-56-58-60-62-64-70(78)75-67(66-82-74-73(81)72(80)71(79)69(65-76)83-74)68(77)63-61-59-57-55-53-51-49-47-45-22-20-18-16-14-12-10-8-6-4-2/h5,7,11,13,17,19,23-24,26-27,29-30,45,47,53,55,61,63,67-69,71-74,76-77,79-81H,3-4,6,8-10,12,14-16,18,20-22,25,28,31-44,46,48-52,54,56-60,62,64-66H2,1-2H3,(H,75,78)/b7-5-,13-11-,19-17-,24-23-,27-26-,30-29-,47-45+,55-53+,63-61+. The fourth-order valence-electron chi connectivity index (χ4n) is 10.4. The van der Waals surface area contributed by atoms with Crippen molar-refractivity contribution in [2.45, 2.75) is 339 Å². The number of aliphatic hydroxyl groups is 5. The summed E-state index contributed by atoms with van der Waals surface area (Å²) in [5.41, 5.74) is 0. The molecule has 6 N–H and O–H groups in total. The van der Waals surface area contributed by atoms with E-state index in [1.165, 1.54) is 193 Å². The third kappa shape index (κ3) is 50.7. The van der Waals surface area contributed by atoms with Crippen molar-refractivity contribution in [3.8, 4) is 0 Å². The summed E-state index contributed by atoms with van der Waals surface area (Å²) in [6.07, 6.45) is 84.8. The van der Waals surface area contributed by atoms with E-state index in [-0.39, 0.29) is 12.5 Å². The summed E-state index contributed by atoms with van der Waals surface area (Å²) in [6.45, 7) is 3.66. The van der Waals surface area contributed by atoms with Gasteiger partial charge in [-0.25, -0.2) is 0 Å². The summed E-state index contributed by atoms with van der Waals surface area (Å²) >= 11 is 0. The smallest absolute Gasteiger partial charge is 0.220 e. The Morgan fingerprint density at radius 3 is 1.16 bits per heavy atom. The predicted molar refractivity (Wildman–Crippen MR) is 354 cm³/mol. The summed E-state index contributed by atoms with van der Waals surface area (Å²) in [5, 5.41) is 54.6. The number of aliphatic hydroxyl groups excluding tert-OH is 5. The molecule has 0 radical (unpaired) electrons. The average molecular weight is 1160 g/mol. The van der Waals surface area contributed by atoms with Gasteiger partial charge in [0.15, 0.2) is 6.29 Å². The molecule has 9 heteroatoms. The molecule has 1 aliphatic rings. The van der Waals surface area contributed by atoms with E-state index in [1.54, 1.807) is 6.08 Å². The highest BCUT2D eigenvalue weighted by Gasteiger charge is 2.44. The topological polar surface area (TPSA) is 149 Å². The molecule has 0 aromatic carbocycles. The molecule has 1 aliphatic heterocycles. The summed E-state index contributed by atoms with van der Waals surface area (Å²) in [4.78, 5) is 13.1. The molecular formula is C74H129NO8.